The van der Waals surface area contributed by atoms with Gasteiger partial charge >= 0.3 is 28.4 Å². The van der Waals surface area contributed by atoms with E-state index in [0.29, 0.717) is 5.92 Å². The fourth-order valence-electron chi connectivity index (χ4n) is 1.66. The molecular formula is C16H22Cl2Zr-2. The van der Waals surface area contributed by atoms with Gasteiger partial charge in [0, 0.05) is 0 Å². The van der Waals surface area contributed by atoms with Crippen LogP contribution < -0.4 is 24.8 Å². The van der Waals surface area contributed by atoms with Gasteiger partial charge in [-0.15, -0.1) is 20.3 Å². The van der Waals surface area contributed by atoms with Crippen LogP contribution >= 0.6 is 0 Å². The first-order valence-corrected chi connectivity index (χ1v) is 7.62. The van der Waals surface area contributed by atoms with Crippen LogP contribution in [0.15, 0.2) is 34.4 Å². The van der Waals surface area contributed by atoms with Crippen molar-refractivity contribution in [3.05, 3.63) is 46.6 Å². The first kappa shape index (κ1) is 24.3. The molecule has 0 saturated heterocycles. The SMILES string of the molecule is CC1=CC[C-]=C1.CC1=[C-]C(C)C(C)=C1C.[CH2]=[Zr+2].[Cl-].[Cl-]. The van der Waals surface area contributed by atoms with Crippen molar-refractivity contribution in [3.63, 3.8) is 0 Å². The average Bonchev–Trinajstić information content (AvgIpc) is 2.88. The van der Waals surface area contributed by atoms with Crippen molar-refractivity contribution in [2.75, 3.05) is 0 Å². The zero-order chi connectivity index (χ0) is 13.4. The maximum absolute atomic E-state index is 3.36. The van der Waals surface area contributed by atoms with E-state index in [2.05, 4.69) is 57.1 Å². The molecule has 0 aromatic carbocycles. The fraction of sp³-hybridized carbons (Fsp3) is 0.438. The summed E-state index contributed by atoms with van der Waals surface area (Å²) in [5.41, 5.74) is 5.59. The summed E-state index contributed by atoms with van der Waals surface area (Å²) in [6.45, 7) is 10.8. The normalized spacial score (nSPS) is 19.0. The van der Waals surface area contributed by atoms with E-state index >= 15 is 0 Å². The van der Waals surface area contributed by atoms with Crippen molar-refractivity contribution >= 4 is 4.21 Å². The average molecular weight is 376 g/mol. The van der Waals surface area contributed by atoms with Gasteiger partial charge in [-0.1, -0.05) is 26.7 Å². The molecule has 0 spiro atoms. The van der Waals surface area contributed by atoms with Gasteiger partial charge in [-0.25, -0.2) is 17.2 Å². The van der Waals surface area contributed by atoms with Gasteiger partial charge in [-0.2, -0.15) is 17.2 Å². The van der Waals surface area contributed by atoms with Gasteiger partial charge in [-0.05, 0) is 0 Å². The third kappa shape index (κ3) is 8.95. The topological polar surface area (TPSA) is 0 Å². The van der Waals surface area contributed by atoms with E-state index in [-0.39, 0.29) is 24.8 Å². The molecule has 2 rings (SSSR count). The Bertz CT molecular complexity index is 373. The van der Waals surface area contributed by atoms with Gasteiger partial charge in [0.15, 0.2) is 0 Å². The van der Waals surface area contributed by atoms with Crippen molar-refractivity contribution in [2.24, 2.45) is 5.92 Å². The molecule has 1 atom stereocenters. The second-order valence-electron chi connectivity index (χ2n) is 4.30. The Labute approximate surface area is 146 Å². The van der Waals surface area contributed by atoms with Gasteiger partial charge in [-0.3, -0.25) is 12.2 Å². The molecule has 0 aliphatic heterocycles. The van der Waals surface area contributed by atoms with Crippen LogP contribution in [0.4, 0.5) is 0 Å². The van der Waals surface area contributed by atoms with Crippen LogP contribution in [0.1, 0.15) is 41.0 Å². The van der Waals surface area contributed by atoms with Crippen LogP contribution in [0.25, 0.3) is 0 Å². The molecule has 0 bridgehead atoms. The van der Waals surface area contributed by atoms with Crippen LogP contribution in [-0.4, -0.2) is 4.21 Å². The van der Waals surface area contributed by atoms with Gasteiger partial charge in [0.25, 0.3) is 0 Å². The van der Waals surface area contributed by atoms with Gasteiger partial charge in [0.1, 0.15) is 0 Å². The molecule has 0 aromatic rings. The molecule has 0 fully saturated rings. The molecule has 1 unspecified atom stereocenters. The Morgan fingerprint density at radius 3 is 1.79 bits per heavy atom. The molecule has 2 aliphatic rings. The van der Waals surface area contributed by atoms with Crippen LogP contribution in [0.3, 0.4) is 0 Å². The number of hydrogen-bond acceptors (Lipinski definition) is 0. The fourth-order valence-corrected chi connectivity index (χ4v) is 1.66. The summed E-state index contributed by atoms with van der Waals surface area (Å²) in [6, 6.07) is 0. The monoisotopic (exact) mass is 374 g/mol. The standard InChI is InChI=1S/C9H13.C6H7.CH2.2ClH.Zr/c1-6-5-7(2)9(4)8(6)3;1-6-4-2-3-5-6;;;;/h6H,1-4H3;4-5H,2H2,1H3;1H2;2*1H;/q2*-1;;;;+2/p-2. The maximum Gasteiger partial charge on any atom is -1.00 e. The van der Waals surface area contributed by atoms with Crippen LogP contribution in [0.2, 0.25) is 0 Å². The molecule has 2 aliphatic carbocycles. The molecular weight excluding hydrogens is 354 g/mol. The van der Waals surface area contributed by atoms with E-state index in [1.807, 2.05) is 6.08 Å². The summed E-state index contributed by atoms with van der Waals surface area (Å²) in [5.74, 6) is 0.560. The van der Waals surface area contributed by atoms with Gasteiger partial charge in [0.2, 0.25) is 0 Å². The first-order chi connectivity index (χ1) is 8.02. The largest absolute Gasteiger partial charge is 1.00 e. The Balaban J connectivity index is -0.000000227. The predicted octanol–water partition coefficient (Wildman–Crippen LogP) is -1.61. The molecule has 0 radical (unpaired) electrons. The molecule has 0 aromatic heterocycles. The van der Waals surface area contributed by atoms with Crippen molar-refractivity contribution in [2.45, 2.75) is 41.0 Å². The minimum Gasteiger partial charge on any atom is -1.00 e. The van der Waals surface area contributed by atoms with E-state index in [1.165, 1.54) is 46.5 Å². The zero-order valence-corrected chi connectivity index (χ0v) is 16.4. The van der Waals surface area contributed by atoms with Crippen LogP contribution in [0.5, 0.6) is 0 Å². The second-order valence-corrected chi connectivity index (χ2v) is 4.30. The summed E-state index contributed by atoms with van der Waals surface area (Å²) < 4.78 is 3.34. The minimum atomic E-state index is 0. The van der Waals surface area contributed by atoms with Crippen LogP contribution in [0, 0.1) is 18.1 Å². The Morgan fingerprint density at radius 2 is 1.68 bits per heavy atom. The van der Waals surface area contributed by atoms with E-state index < -0.39 is 0 Å². The van der Waals surface area contributed by atoms with Crippen LogP contribution in [-0.2, 0) is 24.2 Å². The zero-order valence-electron chi connectivity index (χ0n) is 12.4. The molecule has 0 nitrogen and oxygen atoms in total. The molecule has 3 heteroatoms. The molecule has 106 valence electrons. The Kier molecular flexibility index (Phi) is 17.0. The van der Waals surface area contributed by atoms with Crippen molar-refractivity contribution < 1.29 is 49.0 Å². The predicted molar refractivity (Wildman–Crippen MR) is 73.3 cm³/mol. The summed E-state index contributed by atoms with van der Waals surface area (Å²) in [5, 5.41) is 0. The minimum absolute atomic E-state index is 0. The third-order valence-electron chi connectivity index (χ3n) is 3.11. The summed E-state index contributed by atoms with van der Waals surface area (Å²) in [6.07, 6.45) is 11.6. The molecule has 0 saturated carbocycles. The van der Waals surface area contributed by atoms with E-state index in [0.717, 1.165) is 6.42 Å². The number of halogens is 2. The van der Waals surface area contributed by atoms with Gasteiger partial charge in [0.05, 0.1) is 0 Å². The molecule has 19 heavy (non-hydrogen) atoms. The van der Waals surface area contributed by atoms with Crippen molar-refractivity contribution in [3.8, 4) is 0 Å². The summed E-state index contributed by atoms with van der Waals surface area (Å²) in [4.78, 5) is 0. The van der Waals surface area contributed by atoms with E-state index in [9.17, 15) is 0 Å². The molecule has 0 heterocycles. The summed E-state index contributed by atoms with van der Waals surface area (Å²) in [7, 11) is 0. The number of rotatable bonds is 0. The quantitative estimate of drug-likeness (QED) is 0.447. The van der Waals surface area contributed by atoms with Crippen molar-refractivity contribution in [1.29, 1.82) is 0 Å². The number of hydrogen-bond donors (Lipinski definition) is 0. The third-order valence-corrected chi connectivity index (χ3v) is 3.11. The maximum atomic E-state index is 3.36. The smallest absolute Gasteiger partial charge is 1.00 e. The summed E-state index contributed by atoms with van der Waals surface area (Å²) >= 11 is 1.30. The molecule has 0 amide bonds. The first-order valence-electron chi connectivity index (χ1n) is 5.89. The Morgan fingerprint density at radius 1 is 1.16 bits per heavy atom. The molecule has 0 N–H and O–H groups in total. The van der Waals surface area contributed by atoms with Crippen molar-refractivity contribution in [1.82, 2.24) is 0 Å². The van der Waals surface area contributed by atoms with E-state index in [1.54, 1.807) is 0 Å². The van der Waals surface area contributed by atoms with Gasteiger partial charge < -0.3 is 24.8 Å². The Hall–Kier alpha value is 0.293. The number of allylic oxidation sites excluding steroid dienone is 8. The van der Waals surface area contributed by atoms with E-state index in [4.69, 9.17) is 0 Å². The second kappa shape index (κ2) is 13.3.